The van der Waals surface area contributed by atoms with Crippen LogP contribution in [0.1, 0.15) is 24.2 Å². The van der Waals surface area contributed by atoms with Crippen LogP contribution in [0.2, 0.25) is 5.15 Å². The fraction of sp³-hybridized carbons (Fsp3) is 0.462. The Morgan fingerprint density at radius 3 is 2.75 bits per heavy atom. The molecule has 1 aliphatic rings. The summed E-state index contributed by atoms with van der Waals surface area (Å²) in [5.74, 6) is -0.439. The lowest BCUT2D eigenvalue weighted by Crippen LogP contribution is -2.63. The van der Waals surface area contributed by atoms with Gasteiger partial charge in [0.2, 0.25) is 5.91 Å². The number of hydrogen-bond acceptors (Lipinski definition) is 4. The molecule has 2 amide bonds. The number of carbonyl (C=O) groups is 2. The Morgan fingerprint density at radius 2 is 2.10 bits per heavy atom. The summed E-state index contributed by atoms with van der Waals surface area (Å²) in [5, 5.41) is 0.0892. The van der Waals surface area contributed by atoms with E-state index < -0.39 is 5.54 Å². The number of pyridine rings is 1. The van der Waals surface area contributed by atoms with Gasteiger partial charge in [0.1, 0.15) is 10.7 Å². The summed E-state index contributed by atoms with van der Waals surface area (Å²) in [5.41, 5.74) is 5.30. The normalized spacial score (nSPS) is 18.3. The van der Waals surface area contributed by atoms with Crippen LogP contribution >= 0.6 is 11.6 Å². The fourth-order valence-corrected chi connectivity index (χ4v) is 2.51. The largest absolute Gasteiger partial charge is 0.397 e. The second-order valence-electron chi connectivity index (χ2n) is 5.35. The Kier molecular flexibility index (Phi) is 3.60. The van der Waals surface area contributed by atoms with E-state index in [1.807, 2.05) is 0 Å². The number of halogens is 1. The van der Waals surface area contributed by atoms with Crippen LogP contribution in [-0.2, 0) is 4.79 Å². The molecule has 7 heteroatoms. The molecule has 2 N–H and O–H groups in total. The molecule has 1 aliphatic heterocycles. The second kappa shape index (κ2) is 4.94. The zero-order chi connectivity index (χ0) is 15.1. The van der Waals surface area contributed by atoms with Gasteiger partial charge < -0.3 is 15.5 Å². The van der Waals surface area contributed by atoms with Crippen molar-refractivity contribution in [1.29, 1.82) is 0 Å². The highest BCUT2D eigenvalue weighted by molar-refractivity contribution is 6.32. The van der Waals surface area contributed by atoms with Gasteiger partial charge in [0.25, 0.3) is 5.91 Å². The van der Waals surface area contributed by atoms with Crippen LogP contribution in [0, 0.1) is 0 Å². The van der Waals surface area contributed by atoms with Gasteiger partial charge in [-0.1, -0.05) is 11.6 Å². The van der Waals surface area contributed by atoms with Gasteiger partial charge in [0, 0.05) is 20.1 Å². The van der Waals surface area contributed by atoms with Crippen molar-refractivity contribution in [2.45, 2.75) is 19.4 Å². The standard InChI is InChI=1S/C13H17ClN4O2/c1-13(2)12(20)17(3)4-5-18(13)11(19)9-6-8(15)7-16-10(9)14/h6-7H,4-5,15H2,1-3H3. The van der Waals surface area contributed by atoms with E-state index in [1.165, 1.54) is 17.2 Å². The minimum Gasteiger partial charge on any atom is -0.397 e. The molecule has 0 bridgehead atoms. The molecule has 0 unspecified atom stereocenters. The van der Waals surface area contributed by atoms with Crippen molar-refractivity contribution < 1.29 is 9.59 Å². The number of piperazine rings is 1. The quantitative estimate of drug-likeness (QED) is 0.784. The lowest BCUT2D eigenvalue weighted by atomic mass is 9.96. The molecule has 2 heterocycles. The van der Waals surface area contributed by atoms with Crippen molar-refractivity contribution in [3.8, 4) is 0 Å². The van der Waals surface area contributed by atoms with Gasteiger partial charge >= 0.3 is 0 Å². The van der Waals surface area contributed by atoms with E-state index in [4.69, 9.17) is 17.3 Å². The molecular formula is C13H17ClN4O2. The third-order valence-corrected chi connectivity index (χ3v) is 3.84. The highest BCUT2D eigenvalue weighted by Gasteiger charge is 2.43. The van der Waals surface area contributed by atoms with E-state index in [-0.39, 0.29) is 22.5 Å². The average molecular weight is 297 g/mol. The number of hydrogen-bond donors (Lipinski definition) is 1. The smallest absolute Gasteiger partial charge is 0.258 e. The third-order valence-electron chi connectivity index (χ3n) is 3.54. The zero-order valence-corrected chi connectivity index (χ0v) is 12.4. The molecule has 0 aromatic carbocycles. The molecule has 2 rings (SSSR count). The Morgan fingerprint density at radius 1 is 1.45 bits per heavy atom. The van der Waals surface area contributed by atoms with Crippen LogP contribution < -0.4 is 5.73 Å². The number of rotatable bonds is 1. The van der Waals surface area contributed by atoms with Crippen LogP contribution in [-0.4, -0.2) is 52.3 Å². The Hall–Kier alpha value is -1.82. The number of likely N-dealkylation sites (N-methyl/N-ethyl adjacent to an activating group) is 1. The molecule has 1 aromatic rings. The maximum Gasteiger partial charge on any atom is 0.258 e. The van der Waals surface area contributed by atoms with E-state index in [0.29, 0.717) is 18.8 Å². The number of amides is 2. The number of aromatic nitrogens is 1. The highest BCUT2D eigenvalue weighted by Crippen LogP contribution is 2.26. The molecule has 6 nitrogen and oxygen atoms in total. The topological polar surface area (TPSA) is 79.5 Å². The van der Waals surface area contributed by atoms with Gasteiger partial charge in [-0.3, -0.25) is 9.59 Å². The van der Waals surface area contributed by atoms with Crippen molar-refractivity contribution in [2.24, 2.45) is 0 Å². The second-order valence-corrected chi connectivity index (χ2v) is 5.71. The van der Waals surface area contributed by atoms with Crippen LogP contribution in [0.4, 0.5) is 5.69 Å². The van der Waals surface area contributed by atoms with Crippen LogP contribution in [0.25, 0.3) is 0 Å². The number of nitrogens with two attached hydrogens (primary N) is 1. The fourth-order valence-electron chi connectivity index (χ4n) is 2.33. The van der Waals surface area contributed by atoms with Crippen molar-refractivity contribution in [1.82, 2.24) is 14.8 Å². The van der Waals surface area contributed by atoms with Gasteiger partial charge in [0.05, 0.1) is 17.4 Å². The summed E-state index contributed by atoms with van der Waals surface area (Å²) < 4.78 is 0. The summed E-state index contributed by atoms with van der Waals surface area (Å²) in [7, 11) is 1.72. The molecule has 0 spiro atoms. The predicted octanol–water partition coefficient (Wildman–Crippen LogP) is 1.01. The minimum atomic E-state index is -0.919. The number of anilines is 1. The summed E-state index contributed by atoms with van der Waals surface area (Å²) in [6, 6.07) is 1.48. The van der Waals surface area contributed by atoms with Crippen molar-refractivity contribution in [3.63, 3.8) is 0 Å². The molecule has 1 saturated heterocycles. The zero-order valence-electron chi connectivity index (χ0n) is 11.7. The molecule has 20 heavy (non-hydrogen) atoms. The van der Waals surface area contributed by atoms with E-state index in [1.54, 1.807) is 25.8 Å². The van der Waals surface area contributed by atoms with Crippen molar-refractivity contribution in [3.05, 3.63) is 23.0 Å². The Labute approximate surface area is 122 Å². The first-order valence-corrected chi connectivity index (χ1v) is 6.61. The first-order chi connectivity index (χ1) is 9.25. The predicted molar refractivity (Wildman–Crippen MR) is 76.4 cm³/mol. The van der Waals surface area contributed by atoms with E-state index in [9.17, 15) is 9.59 Å². The van der Waals surface area contributed by atoms with E-state index in [0.717, 1.165) is 0 Å². The van der Waals surface area contributed by atoms with Gasteiger partial charge in [-0.2, -0.15) is 0 Å². The number of nitrogen functional groups attached to an aromatic ring is 1. The average Bonchev–Trinajstić information content (AvgIpc) is 2.38. The van der Waals surface area contributed by atoms with Gasteiger partial charge in [-0.25, -0.2) is 4.98 Å². The van der Waals surface area contributed by atoms with Crippen LogP contribution in [0.15, 0.2) is 12.3 Å². The molecule has 1 aromatic heterocycles. The highest BCUT2D eigenvalue weighted by atomic mass is 35.5. The number of nitrogens with zero attached hydrogens (tertiary/aromatic N) is 3. The summed E-state index contributed by atoms with van der Waals surface area (Å²) in [6.45, 7) is 4.37. The lowest BCUT2D eigenvalue weighted by molar-refractivity contribution is -0.144. The van der Waals surface area contributed by atoms with E-state index in [2.05, 4.69) is 4.98 Å². The molecule has 1 fully saturated rings. The van der Waals surface area contributed by atoms with Gasteiger partial charge in [-0.05, 0) is 19.9 Å². The van der Waals surface area contributed by atoms with Crippen molar-refractivity contribution in [2.75, 3.05) is 25.9 Å². The minimum absolute atomic E-state index is 0.0892. The molecular weight excluding hydrogens is 280 g/mol. The van der Waals surface area contributed by atoms with Crippen LogP contribution in [0.5, 0.6) is 0 Å². The van der Waals surface area contributed by atoms with Gasteiger partial charge in [0.15, 0.2) is 0 Å². The molecule has 0 aliphatic carbocycles. The number of carbonyl (C=O) groups excluding carboxylic acids is 2. The summed E-state index contributed by atoms with van der Waals surface area (Å²) in [4.78, 5) is 31.8. The molecule has 0 radical (unpaired) electrons. The van der Waals surface area contributed by atoms with Gasteiger partial charge in [-0.15, -0.1) is 0 Å². The Bertz CT molecular complexity index is 573. The van der Waals surface area contributed by atoms with E-state index >= 15 is 0 Å². The maximum absolute atomic E-state index is 12.6. The summed E-state index contributed by atoms with van der Waals surface area (Å²) >= 11 is 5.96. The van der Waals surface area contributed by atoms with Crippen LogP contribution in [0.3, 0.4) is 0 Å². The van der Waals surface area contributed by atoms with Crippen molar-refractivity contribution >= 4 is 29.1 Å². The Balaban J connectivity index is 2.38. The summed E-state index contributed by atoms with van der Waals surface area (Å²) in [6.07, 6.45) is 1.39. The first kappa shape index (κ1) is 14.6. The lowest BCUT2D eigenvalue weighted by Gasteiger charge is -2.44. The maximum atomic E-state index is 12.6. The third kappa shape index (κ3) is 2.31. The first-order valence-electron chi connectivity index (χ1n) is 6.23. The monoisotopic (exact) mass is 296 g/mol. The molecule has 0 atom stereocenters. The molecule has 108 valence electrons. The molecule has 0 saturated carbocycles. The SMILES string of the molecule is CN1CCN(C(=O)c2cc(N)cnc2Cl)C(C)(C)C1=O.